The fourth-order valence-electron chi connectivity index (χ4n) is 4.52. The van der Waals surface area contributed by atoms with E-state index in [2.05, 4.69) is 0 Å². The summed E-state index contributed by atoms with van der Waals surface area (Å²) >= 11 is 0. The molecule has 0 aliphatic rings. The number of ketones is 2. The van der Waals surface area contributed by atoms with Crippen molar-refractivity contribution in [3.63, 3.8) is 0 Å². The SMILES string of the molecule is O=C(CC(CC(=O)C(=O)OCc1ccccc1)C(=O)C(=O)OCc1ccccc1)N[C@H](CS(=O)(=O)O)C(=O)N[C@H](CS(=O)(=O)O)C(=O)N[C@H](CS(=O)(=O)O)C(=O)O. The molecule has 26 heteroatoms. The molecule has 57 heavy (non-hydrogen) atoms. The average Bonchev–Trinajstić information content (AvgIpc) is 3.10. The van der Waals surface area contributed by atoms with Crippen LogP contribution in [0.2, 0.25) is 0 Å². The standard InChI is InChI=1S/C31H35N3O20S3/c35-24(30(42)53-13-18-7-3-1-4-8-18)11-20(26(37)31(43)54-14-19-9-5-2-6-10-19)12-25(36)32-21(15-55(44,45)46)27(38)33-22(16-56(47,48)49)28(39)34-23(29(40)41)17-57(50,51)52/h1-10,20-23H,11-17H2,(H,32,36)(H,33,38)(H,34,39)(H,40,41)(H,44,45,46)(H,47,48,49)(H,50,51,52)/t20?,21-,22-,23-/m1/s1. The molecule has 0 aliphatic carbocycles. The molecule has 312 valence electrons. The molecule has 23 nitrogen and oxygen atoms in total. The van der Waals surface area contributed by atoms with Crippen LogP contribution in [0, 0.1) is 5.92 Å². The molecule has 0 saturated heterocycles. The highest BCUT2D eigenvalue weighted by molar-refractivity contribution is 7.86. The van der Waals surface area contributed by atoms with Crippen molar-refractivity contribution >= 4 is 77.6 Å². The molecule has 7 N–H and O–H groups in total. The van der Waals surface area contributed by atoms with E-state index >= 15 is 0 Å². The van der Waals surface area contributed by atoms with Crippen LogP contribution < -0.4 is 16.0 Å². The van der Waals surface area contributed by atoms with Gasteiger partial charge in [-0.25, -0.2) is 14.4 Å². The molecule has 1 unspecified atom stereocenters. The van der Waals surface area contributed by atoms with Crippen molar-refractivity contribution in [2.45, 2.75) is 44.2 Å². The number of amides is 3. The first kappa shape index (κ1) is 47.5. The first-order valence-electron chi connectivity index (χ1n) is 15.8. The van der Waals surface area contributed by atoms with Crippen LogP contribution in [0.3, 0.4) is 0 Å². The number of esters is 2. The number of hydrogen-bond acceptors (Lipinski definition) is 16. The Bertz CT molecular complexity index is 2160. The molecule has 2 rings (SSSR count). The topological polar surface area (TPSA) is 374 Å². The number of rotatable bonds is 23. The maximum Gasteiger partial charge on any atom is 0.375 e. The maximum absolute atomic E-state index is 13.2. The maximum atomic E-state index is 13.2. The van der Waals surface area contributed by atoms with E-state index in [9.17, 15) is 77.8 Å². The van der Waals surface area contributed by atoms with Crippen molar-refractivity contribution in [2.24, 2.45) is 5.92 Å². The second kappa shape index (κ2) is 21.0. The van der Waals surface area contributed by atoms with Gasteiger partial charge in [-0.05, 0) is 11.1 Å². The minimum atomic E-state index is -5.28. The Labute approximate surface area is 323 Å². The van der Waals surface area contributed by atoms with Crippen LogP contribution in [-0.2, 0) is 91.4 Å². The fourth-order valence-corrected chi connectivity index (χ4v) is 6.48. The van der Waals surface area contributed by atoms with Gasteiger partial charge in [0.2, 0.25) is 29.3 Å². The van der Waals surface area contributed by atoms with Gasteiger partial charge in [0.1, 0.15) is 48.6 Å². The molecule has 0 heterocycles. The van der Waals surface area contributed by atoms with Gasteiger partial charge in [0.05, 0.1) is 0 Å². The lowest BCUT2D eigenvalue weighted by Crippen LogP contribution is -2.59. The predicted octanol–water partition coefficient (Wildman–Crippen LogP) is -2.79. The third-order valence-electron chi connectivity index (χ3n) is 7.12. The minimum Gasteiger partial charge on any atom is -0.480 e. The Balaban J connectivity index is 2.35. The Kier molecular flexibility index (Phi) is 17.5. The lowest BCUT2D eigenvalue weighted by molar-refractivity contribution is -0.159. The number of Topliss-reactive ketones (excluding diaryl/α,β-unsaturated/α-hetero) is 2. The summed E-state index contributed by atoms with van der Waals surface area (Å²) in [6.07, 6.45) is -2.45. The van der Waals surface area contributed by atoms with Gasteiger partial charge < -0.3 is 30.5 Å². The molecule has 2 aromatic rings. The van der Waals surface area contributed by atoms with E-state index in [0.717, 1.165) is 0 Å². The summed E-state index contributed by atoms with van der Waals surface area (Å²) in [4.78, 5) is 102. The quantitative estimate of drug-likeness (QED) is 0.0337. The van der Waals surface area contributed by atoms with E-state index in [1.807, 2.05) is 0 Å². The average molecular weight is 866 g/mol. The molecule has 0 aliphatic heterocycles. The lowest BCUT2D eigenvalue weighted by atomic mass is 9.93. The predicted molar refractivity (Wildman–Crippen MR) is 188 cm³/mol. The zero-order chi connectivity index (χ0) is 43.1. The second-order valence-corrected chi connectivity index (χ2v) is 16.3. The van der Waals surface area contributed by atoms with Gasteiger partial charge in [-0.3, -0.25) is 37.6 Å². The van der Waals surface area contributed by atoms with Gasteiger partial charge in [-0.15, -0.1) is 0 Å². The summed E-state index contributed by atoms with van der Waals surface area (Å²) < 4.78 is 107. The highest BCUT2D eigenvalue weighted by atomic mass is 32.2. The van der Waals surface area contributed by atoms with Crippen molar-refractivity contribution in [2.75, 3.05) is 17.3 Å². The molecule has 0 saturated carbocycles. The Morgan fingerprint density at radius 2 is 0.930 bits per heavy atom. The summed E-state index contributed by atoms with van der Waals surface area (Å²) in [7, 11) is -15.7. The first-order valence-corrected chi connectivity index (χ1v) is 20.6. The smallest absolute Gasteiger partial charge is 0.375 e. The van der Waals surface area contributed by atoms with Gasteiger partial charge >= 0.3 is 17.9 Å². The minimum absolute atomic E-state index is 0.399. The van der Waals surface area contributed by atoms with E-state index < -0.39 is 145 Å². The zero-order valence-electron chi connectivity index (χ0n) is 29.1. The molecule has 0 fully saturated rings. The molecule has 2 aromatic carbocycles. The van der Waals surface area contributed by atoms with Crippen molar-refractivity contribution in [3.05, 3.63) is 71.8 Å². The van der Waals surface area contributed by atoms with E-state index in [-0.39, 0.29) is 0 Å². The van der Waals surface area contributed by atoms with E-state index in [1.54, 1.807) is 59.2 Å². The monoisotopic (exact) mass is 865 g/mol. The highest BCUT2D eigenvalue weighted by Crippen LogP contribution is 2.15. The molecule has 3 amide bonds. The Morgan fingerprint density at radius 1 is 0.544 bits per heavy atom. The van der Waals surface area contributed by atoms with E-state index in [1.165, 1.54) is 17.4 Å². The summed E-state index contributed by atoms with van der Waals surface area (Å²) in [5.41, 5.74) is 0.861. The third kappa shape index (κ3) is 18.7. The van der Waals surface area contributed by atoms with Crippen LogP contribution in [-0.4, -0.2) is 127 Å². The number of carbonyl (C=O) groups excluding carboxylic acids is 7. The molecule has 0 radical (unpaired) electrons. The second-order valence-electron chi connectivity index (χ2n) is 11.8. The number of hydrogen-bond donors (Lipinski definition) is 7. The molecular formula is C31H35N3O20S3. The van der Waals surface area contributed by atoms with Crippen molar-refractivity contribution < 1.29 is 91.8 Å². The highest BCUT2D eigenvalue weighted by Gasteiger charge is 2.37. The van der Waals surface area contributed by atoms with Gasteiger partial charge in [0.25, 0.3) is 30.4 Å². The van der Waals surface area contributed by atoms with Crippen LogP contribution in [0.15, 0.2) is 60.7 Å². The number of carboxylic acid groups (broad SMARTS) is 1. The number of ether oxygens (including phenoxy) is 2. The number of nitrogens with one attached hydrogen (secondary N) is 3. The van der Waals surface area contributed by atoms with Crippen LogP contribution in [0.5, 0.6) is 0 Å². The van der Waals surface area contributed by atoms with E-state index in [0.29, 0.717) is 11.1 Å². The van der Waals surface area contributed by atoms with Crippen LogP contribution >= 0.6 is 0 Å². The summed E-state index contributed by atoms with van der Waals surface area (Å²) in [6, 6.07) is 8.18. The number of carboxylic acids is 1. The zero-order valence-corrected chi connectivity index (χ0v) is 31.5. The Morgan fingerprint density at radius 3 is 1.35 bits per heavy atom. The fraction of sp³-hybridized carbons (Fsp3) is 0.355. The largest absolute Gasteiger partial charge is 0.480 e. The molecule has 0 spiro atoms. The van der Waals surface area contributed by atoms with E-state index in [4.69, 9.17) is 14.0 Å². The lowest BCUT2D eigenvalue weighted by Gasteiger charge is -2.23. The van der Waals surface area contributed by atoms with Crippen LogP contribution in [0.4, 0.5) is 0 Å². The molecule has 0 aromatic heterocycles. The third-order valence-corrected chi connectivity index (χ3v) is 9.38. The molecule has 4 atom stereocenters. The number of benzene rings is 2. The molecular weight excluding hydrogens is 831 g/mol. The summed E-state index contributed by atoms with van der Waals surface area (Å²) in [6.45, 7) is -0.862. The van der Waals surface area contributed by atoms with Gasteiger partial charge in [0, 0.05) is 18.8 Å². The number of carbonyl (C=O) groups is 8. The van der Waals surface area contributed by atoms with Crippen molar-refractivity contribution in [1.29, 1.82) is 0 Å². The van der Waals surface area contributed by atoms with Gasteiger partial charge in [-0.2, -0.15) is 25.3 Å². The van der Waals surface area contributed by atoms with Crippen molar-refractivity contribution in [1.82, 2.24) is 16.0 Å². The Hall–Kier alpha value is -5.67. The van der Waals surface area contributed by atoms with Crippen LogP contribution in [0.1, 0.15) is 24.0 Å². The van der Waals surface area contributed by atoms with Gasteiger partial charge in [-0.1, -0.05) is 60.7 Å². The molecule has 0 bridgehead atoms. The summed E-state index contributed by atoms with van der Waals surface area (Å²) in [5, 5.41) is 14.0. The number of aliphatic carboxylic acids is 1. The normalized spacial score (nSPS) is 13.7. The van der Waals surface area contributed by atoms with Gasteiger partial charge in [0.15, 0.2) is 0 Å². The first-order chi connectivity index (χ1) is 26.3. The van der Waals surface area contributed by atoms with Crippen LogP contribution in [0.25, 0.3) is 0 Å². The van der Waals surface area contributed by atoms with Crippen molar-refractivity contribution in [3.8, 4) is 0 Å². The summed E-state index contributed by atoms with van der Waals surface area (Å²) in [5.74, 6) is -20.6.